The van der Waals surface area contributed by atoms with Crippen LogP contribution in [0.2, 0.25) is 5.28 Å². The van der Waals surface area contributed by atoms with Crippen molar-refractivity contribution in [2.24, 2.45) is 28.2 Å². The van der Waals surface area contributed by atoms with Crippen LogP contribution in [-0.2, 0) is 34.7 Å². The topological polar surface area (TPSA) is 141 Å². The van der Waals surface area contributed by atoms with Gasteiger partial charge in [0, 0.05) is 33.8 Å². The van der Waals surface area contributed by atoms with E-state index in [1.165, 1.54) is 37.3 Å². The van der Waals surface area contributed by atoms with Crippen molar-refractivity contribution in [1.29, 1.82) is 0 Å². The zero-order chi connectivity index (χ0) is 26.9. The fourth-order valence-corrected chi connectivity index (χ4v) is 4.52. The maximum Gasteiger partial charge on any atom is 0.332 e. The highest BCUT2D eigenvalue weighted by Crippen LogP contribution is 2.24. The lowest BCUT2D eigenvalue weighted by molar-refractivity contribution is -0.0000159. The SMILES string of the molecule is Cc1ccc(C(=O)Cn2c(-n3c(Cl)nc4c3c(=O)n(C)c(=O)n4C)nc3c2c(=O)n(C)c(=O)n3C)cc1.[Br-]. The average molecular weight is 605 g/mol. The van der Waals surface area contributed by atoms with Gasteiger partial charge < -0.3 is 17.0 Å². The highest BCUT2D eigenvalue weighted by molar-refractivity contribution is 6.29. The molecule has 15 heteroatoms. The molecule has 0 aliphatic rings. The van der Waals surface area contributed by atoms with Crippen LogP contribution in [0.1, 0.15) is 15.9 Å². The first-order chi connectivity index (χ1) is 17.4. The molecule has 0 saturated carbocycles. The molecule has 38 heavy (non-hydrogen) atoms. The molecule has 0 aliphatic carbocycles. The molecule has 0 fully saturated rings. The lowest BCUT2D eigenvalue weighted by Crippen LogP contribution is -3.00. The van der Waals surface area contributed by atoms with Gasteiger partial charge in [0.2, 0.25) is 11.2 Å². The minimum absolute atomic E-state index is 0. The van der Waals surface area contributed by atoms with Gasteiger partial charge in [-0.15, -0.1) is 0 Å². The van der Waals surface area contributed by atoms with Crippen LogP contribution in [0.4, 0.5) is 0 Å². The summed E-state index contributed by atoms with van der Waals surface area (Å²) < 4.78 is 6.57. The summed E-state index contributed by atoms with van der Waals surface area (Å²) in [6.07, 6.45) is 0. The minimum atomic E-state index is -0.706. The quantitative estimate of drug-likeness (QED) is 0.158. The Morgan fingerprint density at radius 3 is 1.84 bits per heavy atom. The van der Waals surface area contributed by atoms with Gasteiger partial charge in [-0.25, -0.2) is 14.2 Å². The van der Waals surface area contributed by atoms with Crippen molar-refractivity contribution in [3.05, 3.63) is 82.4 Å². The van der Waals surface area contributed by atoms with Crippen molar-refractivity contribution in [2.45, 2.75) is 13.5 Å². The first kappa shape index (κ1) is 27.0. The summed E-state index contributed by atoms with van der Waals surface area (Å²) in [5.74, 6) is -0.436. The average Bonchev–Trinajstić information content (AvgIpc) is 3.41. The van der Waals surface area contributed by atoms with E-state index in [1.807, 2.05) is 6.92 Å². The number of imidazole rings is 2. The minimum Gasteiger partial charge on any atom is -1.00 e. The van der Waals surface area contributed by atoms with Gasteiger partial charge in [0.15, 0.2) is 28.1 Å². The van der Waals surface area contributed by atoms with Crippen molar-refractivity contribution >= 4 is 39.7 Å². The molecule has 198 valence electrons. The van der Waals surface area contributed by atoms with Crippen LogP contribution in [0.5, 0.6) is 0 Å². The molecule has 0 radical (unpaired) electrons. The third kappa shape index (κ3) is 3.79. The third-order valence-corrected chi connectivity index (χ3v) is 6.67. The molecular formula is C23H21BrClN8O5-. The van der Waals surface area contributed by atoms with E-state index in [4.69, 9.17) is 11.6 Å². The number of benzene rings is 1. The first-order valence-electron chi connectivity index (χ1n) is 11.0. The number of ketones is 1. The molecule has 4 aromatic heterocycles. The number of nitrogens with zero attached hydrogens (tertiary/aromatic N) is 8. The number of Topliss-reactive ketones (excluding diaryl/α,β-unsaturated/α-hetero) is 1. The van der Waals surface area contributed by atoms with E-state index in [2.05, 4.69) is 9.97 Å². The molecule has 0 bridgehead atoms. The van der Waals surface area contributed by atoms with Crippen LogP contribution in [0, 0.1) is 6.92 Å². The van der Waals surface area contributed by atoms with E-state index in [0.717, 1.165) is 23.8 Å². The second kappa shape index (κ2) is 9.36. The molecule has 5 rings (SSSR count). The molecule has 0 amide bonds. The maximum atomic E-state index is 13.3. The molecule has 5 aromatic rings. The Hall–Kier alpha value is -4.04. The van der Waals surface area contributed by atoms with E-state index >= 15 is 0 Å². The smallest absolute Gasteiger partial charge is 0.332 e. The molecule has 1 aromatic carbocycles. The van der Waals surface area contributed by atoms with E-state index in [9.17, 15) is 24.0 Å². The zero-order valence-electron chi connectivity index (χ0n) is 20.9. The highest BCUT2D eigenvalue weighted by atomic mass is 79.9. The van der Waals surface area contributed by atoms with E-state index in [-0.39, 0.29) is 62.9 Å². The summed E-state index contributed by atoms with van der Waals surface area (Å²) >= 11 is 6.46. The van der Waals surface area contributed by atoms with Crippen LogP contribution in [0.3, 0.4) is 0 Å². The fourth-order valence-electron chi connectivity index (χ4n) is 4.28. The van der Waals surface area contributed by atoms with Gasteiger partial charge in [0.25, 0.3) is 11.1 Å². The van der Waals surface area contributed by atoms with E-state index < -0.39 is 22.5 Å². The molecule has 13 nitrogen and oxygen atoms in total. The normalized spacial score (nSPS) is 11.3. The van der Waals surface area contributed by atoms with Crippen LogP contribution in [0.15, 0.2) is 43.4 Å². The fraction of sp³-hybridized carbons (Fsp3) is 0.261. The van der Waals surface area contributed by atoms with Crippen LogP contribution < -0.4 is 39.5 Å². The molecule has 0 unspecified atom stereocenters. The summed E-state index contributed by atoms with van der Waals surface area (Å²) in [7, 11) is 5.48. The van der Waals surface area contributed by atoms with Crippen molar-refractivity contribution in [3.63, 3.8) is 0 Å². The third-order valence-electron chi connectivity index (χ3n) is 6.42. The largest absolute Gasteiger partial charge is 1.00 e. The van der Waals surface area contributed by atoms with E-state index in [0.29, 0.717) is 5.56 Å². The van der Waals surface area contributed by atoms with Crippen molar-refractivity contribution in [3.8, 4) is 5.95 Å². The maximum absolute atomic E-state index is 13.3. The second-order valence-electron chi connectivity index (χ2n) is 8.76. The van der Waals surface area contributed by atoms with Gasteiger partial charge in [-0.1, -0.05) is 29.8 Å². The Morgan fingerprint density at radius 1 is 0.789 bits per heavy atom. The molecule has 0 N–H and O–H groups in total. The lowest BCUT2D eigenvalue weighted by atomic mass is 10.1. The Morgan fingerprint density at radius 2 is 1.29 bits per heavy atom. The first-order valence-corrected chi connectivity index (χ1v) is 11.4. The summed E-state index contributed by atoms with van der Waals surface area (Å²) in [6.45, 7) is 1.53. The summed E-state index contributed by atoms with van der Waals surface area (Å²) in [5, 5.41) is -0.227. The summed E-state index contributed by atoms with van der Waals surface area (Å²) in [4.78, 5) is 73.4. The standard InChI is InChI=1S/C23H21ClN8O5.BrH/c1-11-6-8-12(9-7-11)13(33)10-31-14-16(27(2)22(36)29(4)18(14)34)26-21(31)32-15-17(25-20(32)24)28(3)23(37)30(5)19(15)35;/h6-9H,10H2,1-5H3;1H/p-1. The number of aryl methyl sites for hydroxylation is 3. The van der Waals surface area contributed by atoms with Gasteiger partial charge in [-0.2, -0.15) is 9.97 Å². The van der Waals surface area contributed by atoms with Gasteiger partial charge in [0.1, 0.15) is 0 Å². The Balaban J connectivity index is 0.00000336. The Bertz CT molecular complexity index is 2020. The van der Waals surface area contributed by atoms with Crippen molar-refractivity contribution in [1.82, 2.24) is 37.4 Å². The highest BCUT2D eigenvalue weighted by Gasteiger charge is 2.27. The Labute approximate surface area is 228 Å². The number of halogens is 2. The number of hydrogen-bond donors (Lipinski definition) is 0. The van der Waals surface area contributed by atoms with E-state index in [1.54, 1.807) is 24.3 Å². The lowest BCUT2D eigenvalue weighted by Gasteiger charge is -2.11. The van der Waals surface area contributed by atoms with Crippen molar-refractivity contribution < 1.29 is 21.8 Å². The number of hydrogen-bond acceptors (Lipinski definition) is 7. The molecular weight excluding hydrogens is 584 g/mol. The predicted octanol–water partition coefficient (Wildman–Crippen LogP) is -2.98. The zero-order valence-corrected chi connectivity index (χ0v) is 23.2. The number of aromatic nitrogens is 8. The molecule has 0 atom stereocenters. The molecule has 0 saturated heterocycles. The summed E-state index contributed by atoms with van der Waals surface area (Å²) in [5.41, 5.74) is -1.43. The van der Waals surface area contributed by atoms with Crippen LogP contribution in [0.25, 0.3) is 28.3 Å². The van der Waals surface area contributed by atoms with Gasteiger partial charge in [-0.05, 0) is 18.5 Å². The number of fused-ring (bicyclic) bond motifs is 2. The summed E-state index contributed by atoms with van der Waals surface area (Å²) in [6, 6.07) is 6.89. The number of rotatable bonds is 4. The number of carbonyl (C=O) groups excluding carboxylic acids is 1. The van der Waals surface area contributed by atoms with Gasteiger partial charge in [0.05, 0.1) is 6.54 Å². The van der Waals surface area contributed by atoms with Crippen LogP contribution >= 0.6 is 11.6 Å². The molecule has 0 aliphatic heterocycles. The second-order valence-corrected chi connectivity index (χ2v) is 9.10. The number of carbonyl (C=O) groups is 1. The van der Waals surface area contributed by atoms with Crippen molar-refractivity contribution in [2.75, 3.05) is 0 Å². The van der Waals surface area contributed by atoms with Crippen LogP contribution in [-0.4, -0.2) is 43.2 Å². The molecule has 0 spiro atoms. The van der Waals surface area contributed by atoms with Gasteiger partial charge in [-0.3, -0.25) is 37.2 Å². The Kier molecular flexibility index (Phi) is 6.66. The monoisotopic (exact) mass is 603 g/mol. The van der Waals surface area contributed by atoms with Gasteiger partial charge >= 0.3 is 11.4 Å². The molecule has 4 heterocycles. The predicted molar refractivity (Wildman–Crippen MR) is 136 cm³/mol.